The highest BCUT2D eigenvalue weighted by molar-refractivity contribution is 7.92. The molecule has 2 N–H and O–H groups in total. The smallest absolute Gasteiger partial charge is 0.328 e. The predicted molar refractivity (Wildman–Crippen MR) is 107 cm³/mol. The third-order valence-electron chi connectivity index (χ3n) is 3.81. The lowest BCUT2D eigenvalue weighted by atomic mass is 10.2. The minimum atomic E-state index is -4.09. The Kier molecular flexibility index (Phi) is 6.94. The van der Waals surface area contributed by atoms with E-state index in [9.17, 15) is 13.2 Å². The van der Waals surface area contributed by atoms with Crippen LogP contribution in [0.25, 0.3) is 6.08 Å². The van der Waals surface area contributed by atoms with Crippen molar-refractivity contribution in [2.45, 2.75) is 4.90 Å². The van der Waals surface area contributed by atoms with E-state index in [1.807, 2.05) is 0 Å². The lowest BCUT2D eigenvalue weighted by molar-refractivity contribution is -0.131. The van der Waals surface area contributed by atoms with Gasteiger partial charge < -0.3 is 24.1 Å². The Hall–Kier alpha value is -3.40. The van der Waals surface area contributed by atoms with Gasteiger partial charge in [0.1, 0.15) is 10.6 Å². The molecular formula is C19H21NO8S. The van der Waals surface area contributed by atoms with Gasteiger partial charge in [-0.05, 0) is 23.8 Å². The van der Waals surface area contributed by atoms with E-state index < -0.39 is 16.0 Å². The van der Waals surface area contributed by atoms with Crippen LogP contribution in [0, 0.1) is 0 Å². The number of carboxylic acids is 1. The molecule has 0 aliphatic carbocycles. The zero-order valence-electron chi connectivity index (χ0n) is 16.3. The normalized spacial score (nSPS) is 11.2. The van der Waals surface area contributed by atoms with Gasteiger partial charge in [0.2, 0.25) is 5.75 Å². The van der Waals surface area contributed by atoms with E-state index >= 15 is 0 Å². The van der Waals surface area contributed by atoms with Crippen LogP contribution in [0.4, 0.5) is 5.69 Å². The molecule has 0 heterocycles. The first-order valence-corrected chi connectivity index (χ1v) is 9.66. The second-order valence-electron chi connectivity index (χ2n) is 5.60. The summed E-state index contributed by atoms with van der Waals surface area (Å²) in [6.07, 6.45) is 2.19. The van der Waals surface area contributed by atoms with Crippen LogP contribution in [-0.4, -0.2) is 47.9 Å². The van der Waals surface area contributed by atoms with Crippen molar-refractivity contribution < 1.29 is 37.3 Å². The molecule has 0 atom stereocenters. The third kappa shape index (κ3) is 5.11. The van der Waals surface area contributed by atoms with Crippen molar-refractivity contribution in [1.82, 2.24) is 0 Å². The molecule has 0 unspecified atom stereocenters. The van der Waals surface area contributed by atoms with Crippen LogP contribution in [0.3, 0.4) is 0 Å². The molecule has 0 aromatic heterocycles. The highest BCUT2D eigenvalue weighted by Crippen LogP contribution is 2.40. The standard InChI is InChI=1S/C19H21NO8S/c1-25-14-7-5-12(6-8-18(21)22)9-17(14)29(23,24)20-13-10-15(26-2)19(28-4)16(11-13)27-3/h5-11,20H,1-4H3,(H,21,22). The number of anilines is 1. The van der Waals surface area contributed by atoms with Gasteiger partial charge in [0.25, 0.3) is 10.0 Å². The summed E-state index contributed by atoms with van der Waals surface area (Å²) >= 11 is 0. The molecule has 0 saturated heterocycles. The van der Waals surface area contributed by atoms with Crippen LogP contribution in [-0.2, 0) is 14.8 Å². The Labute approximate surface area is 168 Å². The maximum Gasteiger partial charge on any atom is 0.328 e. The van der Waals surface area contributed by atoms with Gasteiger partial charge in [0, 0.05) is 18.2 Å². The average molecular weight is 423 g/mol. The van der Waals surface area contributed by atoms with E-state index in [0.29, 0.717) is 11.3 Å². The van der Waals surface area contributed by atoms with Crippen molar-refractivity contribution in [2.75, 3.05) is 33.2 Å². The lowest BCUT2D eigenvalue weighted by Crippen LogP contribution is -2.14. The van der Waals surface area contributed by atoms with Crippen molar-refractivity contribution in [2.24, 2.45) is 0 Å². The fourth-order valence-corrected chi connectivity index (χ4v) is 3.77. The van der Waals surface area contributed by atoms with Crippen LogP contribution in [0.2, 0.25) is 0 Å². The van der Waals surface area contributed by atoms with E-state index in [1.54, 1.807) is 0 Å². The van der Waals surface area contributed by atoms with Crippen LogP contribution in [0.1, 0.15) is 5.56 Å². The molecule has 0 fully saturated rings. The summed E-state index contributed by atoms with van der Waals surface area (Å²) in [4.78, 5) is 10.6. The number of sulfonamides is 1. The number of benzene rings is 2. The number of nitrogens with one attached hydrogen (secondary N) is 1. The first kappa shape index (κ1) is 21.9. The Bertz CT molecular complexity index is 1010. The molecular weight excluding hydrogens is 402 g/mol. The monoisotopic (exact) mass is 423 g/mol. The first-order chi connectivity index (χ1) is 13.7. The summed E-state index contributed by atoms with van der Waals surface area (Å²) in [5, 5.41) is 8.77. The molecule has 29 heavy (non-hydrogen) atoms. The summed E-state index contributed by atoms with van der Waals surface area (Å²) in [7, 11) is 1.50. The maximum absolute atomic E-state index is 13.0. The van der Waals surface area contributed by atoms with Gasteiger partial charge in [-0.15, -0.1) is 0 Å². The highest BCUT2D eigenvalue weighted by atomic mass is 32.2. The minimum absolute atomic E-state index is 0.0948. The number of hydrogen-bond donors (Lipinski definition) is 2. The molecule has 0 aliphatic rings. The molecule has 0 aliphatic heterocycles. The van der Waals surface area contributed by atoms with Crippen LogP contribution < -0.4 is 23.7 Å². The van der Waals surface area contributed by atoms with Crippen LogP contribution >= 0.6 is 0 Å². The number of hydrogen-bond acceptors (Lipinski definition) is 7. The Morgan fingerprint density at radius 1 is 0.931 bits per heavy atom. The number of methoxy groups -OCH3 is 4. The fourth-order valence-electron chi connectivity index (χ4n) is 2.52. The second-order valence-corrected chi connectivity index (χ2v) is 7.25. The first-order valence-electron chi connectivity index (χ1n) is 8.17. The van der Waals surface area contributed by atoms with Crippen molar-refractivity contribution >= 4 is 27.8 Å². The van der Waals surface area contributed by atoms with E-state index in [1.165, 1.54) is 64.8 Å². The largest absolute Gasteiger partial charge is 0.495 e. The van der Waals surface area contributed by atoms with Crippen LogP contribution in [0.15, 0.2) is 41.3 Å². The minimum Gasteiger partial charge on any atom is -0.495 e. The number of rotatable bonds is 9. The summed E-state index contributed by atoms with van der Waals surface area (Å²) in [5.74, 6) is -0.196. The average Bonchev–Trinajstić information content (AvgIpc) is 2.70. The van der Waals surface area contributed by atoms with Gasteiger partial charge in [-0.25, -0.2) is 13.2 Å². The SMILES string of the molecule is COc1ccc(C=CC(=O)O)cc1S(=O)(=O)Nc1cc(OC)c(OC)c(OC)c1. The summed E-state index contributed by atoms with van der Waals surface area (Å²) in [6, 6.07) is 7.17. The number of aliphatic carboxylic acids is 1. The van der Waals surface area contributed by atoms with E-state index in [2.05, 4.69) is 4.72 Å². The molecule has 2 aromatic rings. The zero-order chi connectivity index (χ0) is 21.6. The molecule has 0 radical (unpaired) electrons. The maximum atomic E-state index is 13.0. The van der Waals surface area contributed by atoms with Gasteiger partial charge in [-0.1, -0.05) is 6.07 Å². The molecule has 9 nitrogen and oxygen atoms in total. The molecule has 0 spiro atoms. The van der Waals surface area contributed by atoms with E-state index in [4.69, 9.17) is 24.1 Å². The quantitative estimate of drug-likeness (QED) is 0.591. The highest BCUT2D eigenvalue weighted by Gasteiger charge is 2.22. The molecule has 0 amide bonds. The van der Waals surface area contributed by atoms with Crippen LogP contribution in [0.5, 0.6) is 23.0 Å². The summed E-state index contributed by atoms with van der Waals surface area (Å²) in [6.45, 7) is 0. The van der Waals surface area contributed by atoms with Gasteiger partial charge in [-0.2, -0.15) is 0 Å². The number of carbonyl (C=O) groups is 1. The molecule has 0 saturated carbocycles. The topological polar surface area (TPSA) is 120 Å². The number of carboxylic acid groups (broad SMARTS) is 1. The Balaban J connectivity index is 2.51. The lowest BCUT2D eigenvalue weighted by Gasteiger charge is -2.16. The molecule has 0 bridgehead atoms. The third-order valence-corrected chi connectivity index (χ3v) is 5.21. The Morgan fingerprint density at radius 3 is 2.00 bits per heavy atom. The molecule has 156 valence electrons. The van der Waals surface area contributed by atoms with Crippen molar-refractivity contribution in [3.05, 3.63) is 42.0 Å². The molecule has 2 aromatic carbocycles. The van der Waals surface area contributed by atoms with Crippen molar-refractivity contribution in [3.8, 4) is 23.0 Å². The summed E-state index contributed by atoms with van der Waals surface area (Å²) < 4.78 is 49.2. The number of ether oxygens (including phenoxy) is 4. The van der Waals surface area contributed by atoms with Gasteiger partial charge in [0.15, 0.2) is 11.5 Å². The van der Waals surface area contributed by atoms with Gasteiger partial charge in [0.05, 0.1) is 34.1 Å². The molecule has 2 rings (SSSR count). The van der Waals surface area contributed by atoms with Gasteiger partial charge >= 0.3 is 5.97 Å². The van der Waals surface area contributed by atoms with E-state index in [-0.39, 0.29) is 27.8 Å². The van der Waals surface area contributed by atoms with Gasteiger partial charge in [-0.3, -0.25) is 4.72 Å². The van der Waals surface area contributed by atoms with Crippen molar-refractivity contribution in [1.29, 1.82) is 0 Å². The molecule has 10 heteroatoms. The Morgan fingerprint density at radius 2 is 1.52 bits per heavy atom. The van der Waals surface area contributed by atoms with Crippen molar-refractivity contribution in [3.63, 3.8) is 0 Å². The van der Waals surface area contributed by atoms with E-state index in [0.717, 1.165) is 6.08 Å². The zero-order valence-corrected chi connectivity index (χ0v) is 17.1. The predicted octanol–water partition coefficient (Wildman–Crippen LogP) is 2.62. The fraction of sp³-hybridized carbons (Fsp3) is 0.211. The second kappa shape index (κ2) is 9.20. The summed E-state index contributed by atoms with van der Waals surface area (Å²) in [5.41, 5.74) is 0.548.